The summed E-state index contributed by atoms with van der Waals surface area (Å²) < 4.78 is 5.52. The zero-order chi connectivity index (χ0) is 17.5. The maximum Gasteiger partial charge on any atom is 0.334 e. The molecule has 1 rings (SSSR count). The van der Waals surface area contributed by atoms with Crippen LogP contribution in [0.3, 0.4) is 0 Å². The van der Waals surface area contributed by atoms with Crippen LogP contribution in [0.25, 0.3) is 0 Å². The Labute approximate surface area is 138 Å². The van der Waals surface area contributed by atoms with Crippen molar-refractivity contribution < 1.29 is 19.4 Å². The second kappa shape index (κ2) is 8.67. The van der Waals surface area contributed by atoms with Crippen molar-refractivity contribution in [2.75, 3.05) is 6.61 Å². The van der Waals surface area contributed by atoms with E-state index in [0.29, 0.717) is 18.1 Å². The third kappa shape index (κ3) is 5.06. The Kier molecular flexibility index (Phi) is 7.23. The first-order chi connectivity index (χ1) is 10.8. The summed E-state index contributed by atoms with van der Waals surface area (Å²) in [5.41, 5.74) is -0.883. The Bertz CT molecular complexity index is 515. The average molecular weight is 321 g/mol. The fourth-order valence-electron chi connectivity index (χ4n) is 2.28. The van der Waals surface area contributed by atoms with Crippen LogP contribution in [0.2, 0.25) is 0 Å². The molecule has 5 heteroatoms. The van der Waals surface area contributed by atoms with E-state index < -0.39 is 23.5 Å². The molecular weight excluding hydrogens is 294 g/mol. The van der Waals surface area contributed by atoms with Gasteiger partial charge in [0.05, 0.1) is 0 Å². The van der Waals surface area contributed by atoms with Gasteiger partial charge < -0.3 is 15.2 Å². The molecule has 1 aromatic rings. The number of aliphatic carboxylic acids is 1. The number of carboxylic acid groups (broad SMARTS) is 1. The number of amides is 1. The number of carboxylic acids is 1. The second-order valence-corrected chi connectivity index (χ2v) is 6.11. The number of hydrogen-bond acceptors (Lipinski definition) is 3. The van der Waals surface area contributed by atoms with Crippen molar-refractivity contribution in [1.29, 1.82) is 0 Å². The molecule has 2 atom stereocenters. The first-order valence-electron chi connectivity index (χ1n) is 8.06. The molecule has 0 bridgehead atoms. The maximum atomic E-state index is 12.4. The number of carbonyl (C=O) groups excluding carboxylic acids is 1. The molecule has 0 aliphatic heterocycles. The normalized spacial score (nSPS) is 15.0. The Morgan fingerprint density at radius 2 is 1.83 bits per heavy atom. The van der Waals surface area contributed by atoms with E-state index in [9.17, 15) is 14.7 Å². The fraction of sp³-hybridized carbons (Fsp3) is 0.556. The van der Waals surface area contributed by atoms with Crippen molar-refractivity contribution in [1.82, 2.24) is 5.32 Å². The molecule has 0 radical (unpaired) electrons. The molecule has 2 unspecified atom stereocenters. The molecule has 0 aromatic heterocycles. The number of nitrogens with one attached hydrogen (secondary N) is 1. The Morgan fingerprint density at radius 1 is 1.22 bits per heavy atom. The van der Waals surface area contributed by atoms with Gasteiger partial charge in [0.15, 0.2) is 5.54 Å². The van der Waals surface area contributed by atoms with E-state index in [-0.39, 0.29) is 6.42 Å². The molecule has 0 aliphatic carbocycles. The van der Waals surface area contributed by atoms with E-state index in [4.69, 9.17) is 4.74 Å². The highest BCUT2D eigenvalue weighted by Crippen LogP contribution is 2.25. The van der Waals surface area contributed by atoms with Crippen LogP contribution in [-0.4, -0.2) is 29.7 Å². The molecule has 2 N–H and O–H groups in total. The predicted octanol–water partition coefficient (Wildman–Crippen LogP) is 2.94. The van der Waals surface area contributed by atoms with E-state index >= 15 is 0 Å². The number of hydrogen-bond donors (Lipinski definition) is 2. The molecule has 1 aromatic carbocycles. The van der Waals surface area contributed by atoms with Crippen molar-refractivity contribution in [3.63, 3.8) is 0 Å². The molecule has 128 valence electrons. The van der Waals surface area contributed by atoms with E-state index in [0.717, 1.165) is 6.42 Å². The van der Waals surface area contributed by atoms with Crippen LogP contribution in [0.15, 0.2) is 30.3 Å². The lowest BCUT2D eigenvalue weighted by atomic mass is 9.87. The first kappa shape index (κ1) is 19.2. The molecule has 5 nitrogen and oxygen atoms in total. The third-order valence-corrected chi connectivity index (χ3v) is 3.93. The van der Waals surface area contributed by atoms with Crippen LogP contribution in [-0.2, 0) is 19.9 Å². The second-order valence-electron chi connectivity index (χ2n) is 6.11. The minimum Gasteiger partial charge on any atom is -0.479 e. The molecule has 0 heterocycles. The summed E-state index contributed by atoms with van der Waals surface area (Å²) in [4.78, 5) is 24.2. The molecule has 0 spiro atoms. The van der Waals surface area contributed by atoms with Crippen LogP contribution >= 0.6 is 0 Å². The molecule has 0 aliphatic rings. The smallest absolute Gasteiger partial charge is 0.334 e. The summed E-state index contributed by atoms with van der Waals surface area (Å²) in [6, 6.07) is 8.75. The van der Waals surface area contributed by atoms with Gasteiger partial charge in [0, 0.05) is 6.61 Å². The topological polar surface area (TPSA) is 75.6 Å². The standard InChI is InChI=1S/C18H27NO4/c1-5-18(17(21)22,15-9-7-6-8-10-15)19-16(20)14(4)23-12-11-13(2)3/h6-10,13-14H,5,11-12H2,1-4H3,(H,19,20)(H,21,22). The highest BCUT2D eigenvalue weighted by Gasteiger charge is 2.41. The fourth-order valence-corrected chi connectivity index (χ4v) is 2.28. The van der Waals surface area contributed by atoms with Gasteiger partial charge in [-0.05, 0) is 31.2 Å². The zero-order valence-corrected chi connectivity index (χ0v) is 14.3. The maximum absolute atomic E-state index is 12.4. The lowest BCUT2D eigenvalue weighted by Gasteiger charge is -2.31. The molecule has 0 saturated carbocycles. The number of carbonyl (C=O) groups is 2. The van der Waals surface area contributed by atoms with Crippen LogP contribution in [0, 0.1) is 5.92 Å². The monoisotopic (exact) mass is 321 g/mol. The lowest BCUT2D eigenvalue weighted by Crippen LogP contribution is -2.54. The van der Waals surface area contributed by atoms with Crippen molar-refractivity contribution >= 4 is 11.9 Å². The SMILES string of the molecule is CCC(NC(=O)C(C)OCCC(C)C)(C(=O)O)c1ccccc1. The van der Waals surface area contributed by atoms with E-state index in [1.54, 1.807) is 38.1 Å². The van der Waals surface area contributed by atoms with Crippen LogP contribution in [0.5, 0.6) is 0 Å². The van der Waals surface area contributed by atoms with Gasteiger partial charge in [0.1, 0.15) is 6.10 Å². The summed E-state index contributed by atoms with van der Waals surface area (Å²) in [5, 5.41) is 12.4. The van der Waals surface area contributed by atoms with Gasteiger partial charge in [-0.3, -0.25) is 4.79 Å². The Balaban J connectivity index is 2.86. The van der Waals surface area contributed by atoms with E-state index in [1.807, 2.05) is 6.07 Å². The Hall–Kier alpha value is -1.88. The average Bonchev–Trinajstić information content (AvgIpc) is 2.52. The molecule has 0 fully saturated rings. The van der Waals surface area contributed by atoms with Crippen molar-refractivity contribution in [3.8, 4) is 0 Å². The van der Waals surface area contributed by atoms with Crippen LogP contribution in [0.1, 0.15) is 46.1 Å². The quantitative estimate of drug-likeness (QED) is 0.733. The summed E-state index contributed by atoms with van der Waals surface area (Å²) in [7, 11) is 0. The van der Waals surface area contributed by atoms with Gasteiger partial charge in [-0.15, -0.1) is 0 Å². The van der Waals surface area contributed by atoms with Gasteiger partial charge in [0.2, 0.25) is 5.91 Å². The van der Waals surface area contributed by atoms with Crippen molar-refractivity contribution in [2.45, 2.75) is 52.2 Å². The minimum atomic E-state index is -1.44. The molecule has 23 heavy (non-hydrogen) atoms. The number of benzene rings is 1. The summed E-state index contributed by atoms with van der Waals surface area (Å²) in [5.74, 6) is -1.00. The first-order valence-corrected chi connectivity index (χ1v) is 8.06. The summed E-state index contributed by atoms with van der Waals surface area (Å²) in [6.07, 6.45) is 0.410. The summed E-state index contributed by atoms with van der Waals surface area (Å²) >= 11 is 0. The van der Waals surface area contributed by atoms with Crippen molar-refractivity contribution in [3.05, 3.63) is 35.9 Å². The largest absolute Gasteiger partial charge is 0.479 e. The van der Waals surface area contributed by atoms with Crippen LogP contribution in [0.4, 0.5) is 0 Å². The number of rotatable bonds is 9. The highest BCUT2D eigenvalue weighted by atomic mass is 16.5. The summed E-state index contributed by atoms with van der Waals surface area (Å²) in [6.45, 7) is 8.02. The van der Waals surface area contributed by atoms with E-state index in [2.05, 4.69) is 19.2 Å². The van der Waals surface area contributed by atoms with E-state index in [1.165, 1.54) is 0 Å². The van der Waals surface area contributed by atoms with Gasteiger partial charge in [0.25, 0.3) is 0 Å². The van der Waals surface area contributed by atoms with Crippen molar-refractivity contribution in [2.24, 2.45) is 5.92 Å². The van der Waals surface area contributed by atoms with Gasteiger partial charge in [-0.25, -0.2) is 4.79 Å². The lowest BCUT2D eigenvalue weighted by molar-refractivity contribution is -0.150. The molecular formula is C18H27NO4. The van der Waals surface area contributed by atoms with Crippen LogP contribution < -0.4 is 5.32 Å². The molecule has 1 amide bonds. The predicted molar refractivity (Wildman–Crippen MR) is 89.1 cm³/mol. The highest BCUT2D eigenvalue weighted by molar-refractivity contribution is 5.89. The molecule has 0 saturated heterocycles. The zero-order valence-electron chi connectivity index (χ0n) is 14.3. The third-order valence-electron chi connectivity index (χ3n) is 3.93. The minimum absolute atomic E-state index is 0.247. The van der Waals surface area contributed by atoms with Gasteiger partial charge in [-0.2, -0.15) is 0 Å². The number of ether oxygens (including phenoxy) is 1. The van der Waals surface area contributed by atoms with Gasteiger partial charge in [-0.1, -0.05) is 51.1 Å². The van der Waals surface area contributed by atoms with Gasteiger partial charge >= 0.3 is 5.97 Å². The Morgan fingerprint density at radius 3 is 2.30 bits per heavy atom.